The zero-order valence-corrected chi connectivity index (χ0v) is 9.67. The molecule has 0 aromatic rings. The summed E-state index contributed by atoms with van der Waals surface area (Å²) in [5.74, 6) is -0.530. The van der Waals surface area contributed by atoms with Gasteiger partial charge in [-0.1, -0.05) is 33.6 Å². The highest BCUT2D eigenvalue weighted by molar-refractivity contribution is 5.79. The van der Waals surface area contributed by atoms with Crippen LogP contribution in [-0.2, 0) is 9.53 Å². The van der Waals surface area contributed by atoms with Gasteiger partial charge in [0.05, 0.1) is 6.61 Å². The summed E-state index contributed by atoms with van der Waals surface area (Å²) in [4.78, 5) is 11.6. The van der Waals surface area contributed by atoms with E-state index in [1.807, 2.05) is 20.8 Å². The summed E-state index contributed by atoms with van der Waals surface area (Å²) < 4.78 is 4.89. The molecule has 0 aliphatic carbocycles. The number of carbonyl (C=O) groups is 1. The normalized spacial score (nSPS) is 17.2. The maximum atomic E-state index is 11.6. The Labute approximate surface area is 86.5 Å². The highest BCUT2D eigenvalue weighted by Crippen LogP contribution is 2.27. The van der Waals surface area contributed by atoms with Gasteiger partial charge >= 0.3 is 5.97 Å². The maximum absolute atomic E-state index is 11.6. The molecule has 0 spiro atoms. The Bertz CT molecular complexity index is 179. The molecule has 0 aliphatic heterocycles. The fourth-order valence-electron chi connectivity index (χ4n) is 1.52. The lowest BCUT2D eigenvalue weighted by Crippen LogP contribution is -2.45. The summed E-state index contributed by atoms with van der Waals surface area (Å²) in [6.07, 6.45) is 2.02. The van der Waals surface area contributed by atoms with Crippen LogP contribution in [-0.4, -0.2) is 23.3 Å². The van der Waals surface area contributed by atoms with Crippen LogP contribution in [0, 0.1) is 5.92 Å². The van der Waals surface area contributed by atoms with Crippen molar-refractivity contribution in [1.29, 1.82) is 0 Å². The molecule has 14 heavy (non-hydrogen) atoms. The molecule has 0 aromatic heterocycles. The van der Waals surface area contributed by atoms with E-state index in [9.17, 15) is 9.90 Å². The van der Waals surface area contributed by atoms with E-state index >= 15 is 0 Å². The van der Waals surface area contributed by atoms with Crippen molar-refractivity contribution in [3.8, 4) is 0 Å². The molecule has 0 heterocycles. The molecule has 0 aliphatic rings. The Kier molecular flexibility index (Phi) is 5.77. The van der Waals surface area contributed by atoms with Gasteiger partial charge in [0, 0.05) is 0 Å². The highest BCUT2D eigenvalue weighted by atomic mass is 16.5. The minimum atomic E-state index is -1.29. The van der Waals surface area contributed by atoms with Gasteiger partial charge in [0.25, 0.3) is 0 Å². The van der Waals surface area contributed by atoms with Crippen molar-refractivity contribution >= 4 is 5.97 Å². The fourth-order valence-corrected chi connectivity index (χ4v) is 1.52. The Hall–Kier alpha value is -0.570. The maximum Gasteiger partial charge on any atom is 0.338 e. The third kappa shape index (κ3) is 2.98. The molecule has 0 rings (SSSR count). The number of rotatable bonds is 6. The topological polar surface area (TPSA) is 46.5 Å². The van der Waals surface area contributed by atoms with Gasteiger partial charge in [0.2, 0.25) is 0 Å². The molecule has 1 N–H and O–H groups in total. The molecular formula is C11H22O3. The first-order valence-corrected chi connectivity index (χ1v) is 5.42. The minimum absolute atomic E-state index is 0.0542. The largest absolute Gasteiger partial charge is 0.464 e. The molecule has 0 aromatic carbocycles. The van der Waals surface area contributed by atoms with Crippen LogP contribution in [0.5, 0.6) is 0 Å². The fraction of sp³-hybridized carbons (Fsp3) is 0.909. The molecule has 3 nitrogen and oxygen atoms in total. The Morgan fingerprint density at radius 2 is 2.00 bits per heavy atom. The van der Waals surface area contributed by atoms with Crippen LogP contribution >= 0.6 is 0 Å². The molecule has 3 heteroatoms. The van der Waals surface area contributed by atoms with Gasteiger partial charge in [-0.05, 0) is 19.3 Å². The first kappa shape index (κ1) is 13.4. The zero-order valence-electron chi connectivity index (χ0n) is 9.67. The molecule has 0 saturated heterocycles. The quantitative estimate of drug-likeness (QED) is 0.671. The summed E-state index contributed by atoms with van der Waals surface area (Å²) in [7, 11) is 0. The Morgan fingerprint density at radius 1 is 1.43 bits per heavy atom. The molecule has 0 saturated carbocycles. The molecule has 0 fully saturated rings. The van der Waals surface area contributed by atoms with Gasteiger partial charge in [0.15, 0.2) is 5.60 Å². The van der Waals surface area contributed by atoms with Gasteiger partial charge in [-0.15, -0.1) is 0 Å². The first-order chi connectivity index (χ1) is 6.52. The van der Waals surface area contributed by atoms with E-state index in [4.69, 9.17) is 4.74 Å². The minimum Gasteiger partial charge on any atom is -0.464 e. The Balaban J connectivity index is 4.60. The molecule has 0 bridgehead atoms. The van der Waals surface area contributed by atoms with E-state index in [2.05, 4.69) is 0 Å². The third-order valence-electron chi connectivity index (χ3n) is 2.69. The second kappa shape index (κ2) is 6.02. The summed E-state index contributed by atoms with van der Waals surface area (Å²) in [5, 5.41) is 10.2. The monoisotopic (exact) mass is 202 g/mol. The summed E-state index contributed by atoms with van der Waals surface area (Å²) in [6, 6.07) is 0. The summed E-state index contributed by atoms with van der Waals surface area (Å²) >= 11 is 0. The smallest absolute Gasteiger partial charge is 0.338 e. The van der Waals surface area contributed by atoms with E-state index in [0.717, 1.165) is 12.8 Å². The van der Waals surface area contributed by atoms with Crippen LogP contribution in [0.1, 0.15) is 47.0 Å². The van der Waals surface area contributed by atoms with Crippen molar-refractivity contribution < 1.29 is 14.6 Å². The molecule has 0 radical (unpaired) electrons. The van der Waals surface area contributed by atoms with Gasteiger partial charge in [-0.2, -0.15) is 0 Å². The van der Waals surface area contributed by atoms with Crippen LogP contribution in [0.15, 0.2) is 0 Å². The van der Waals surface area contributed by atoms with Crippen LogP contribution in [0.25, 0.3) is 0 Å². The van der Waals surface area contributed by atoms with Crippen LogP contribution in [0.3, 0.4) is 0 Å². The van der Waals surface area contributed by atoms with Crippen molar-refractivity contribution in [1.82, 2.24) is 0 Å². The van der Waals surface area contributed by atoms with E-state index < -0.39 is 11.6 Å². The number of hydrogen-bond donors (Lipinski definition) is 1. The van der Waals surface area contributed by atoms with Gasteiger partial charge < -0.3 is 9.84 Å². The van der Waals surface area contributed by atoms with Gasteiger partial charge in [-0.3, -0.25) is 0 Å². The second-order valence-electron chi connectivity index (χ2n) is 3.70. The first-order valence-electron chi connectivity index (χ1n) is 5.42. The number of carbonyl (C=O) groups excluding carboxylic acids is 1. The lowest BCUT2D eigenvalue weighted by Gasteiger charge is -2.30. The molecule has 84 valence electrons. The zero-order chi connectivity index (χ0) is 11.2. The van der Waals surface area contributed by atoms with Crippen molar-refractivity contribution in [2.75, 3.05) is 6.61 Å². The SMILES string of the molecule is CCCC(O)(C(=O)OCC)C(C)CC. The number of aliphatic hydroxyl groups is 1. The van der Waals surface area contributed by atoms with Crippen molar-refractivity contribution in [3.05, 3.63) is 0 Å². The number of esters is 1. The van der Waals surface area contributed by atoms with Crippen LogP contribution in [0.2, 0.25) is 0 Å². The standard InChI is InChI=1S/C11H22O3/c1-5-8-11(13,9(4)6-2)10(12)14-7-3/h9,13H,5-8H2,1-4H3. The summed E-state index contributed by atoms with van der Waals surface area (Å²) in [6.45, 7) is 7.87. The molecular weight excluding hydrogens is 180 g/mol. The lowest BCUT2D eigenvalue weighted by molar-refractivity contribution is -0.172. The number of ether oxygens (including phenoxy) is 1. The predicted molar refractivity (Wildman–Crippen MR) is 55.9 cm³/mol. The summed E-state index contributed by atoms with van der Waals surface area (Å²) in [5.41, 5.74) is -1.29. The molecule has 2 unspecified atom stereocenters. The van der Waals surface area contributed by atoms with E-state index in [0.29, 0.717) is 13.0 Å². The van der Waals surface area contributed by atoms with E-state index in [1.165, 1.54) is 0 Å². The van der Waals surface area contributed by atoms with Gasteiger partial charge in [-0.25, -0.2) is 4.79 Å². The molecule has 2 atom stereocenters. The lowest BCUT2D eigenvalue weighted by atomic mass is 9.83. The van der Waals surface area contributed by atoms with Gasteiger partial charge in [0.1, 0.15) is 0 Å². The predicted octanol–water partition coefficient (Wildman–Crippen LogP) is 2.13. The Morgan fingerprint density at radius 3 is 2.36 bits per heavy atom. The second-order valence-corrected chi connectivity index (χ2v) is 3.70. The average Bonchev–Trinajstić information content (AvgIpc) is 2.17. The third-order valence-corrected chi connectivity index (χ3v) is 2.69. The van der Waals surface area contributed by atoms with Crippen molar-refractivity contribution in [2.24, 2.45) is 5.92 Å². The molecule has 0 amide bonds. The average molecular weight is 202 g/mol. The van der Waals surface area contributed by atoms with E-state index in [-0.39, 0.29) is 5.92 Å². The van der Waals surface area contributed by atoms with E-state index in [1.54, 1.807) is 6.92 Å². The van der Waals surface area contributed by atoms with Crippen LogP contribution < -0.4 is 0 Å². The van der Waals surface area contributed by atoms with Crippen LogP contribution in [0.4, 0.5) is 0 Å². The number of hydrogen-bond acceptors (Lipinski definition) is 3. The highest BCUT2D eigenvalue weighted by Gasteiger charge is 2.41. The van der Waals surface area contributed by atoms with Crippen molar-refractivity contribution in [2.45, 2.75) is 52.6 Å². The van der Waals surface area contributed by atoms with Crippen molar-refractivity contribution in [3.63, 3.8) is 0 Å².